The van der Waals surface area contributed by atoms with E-state index in [9.17, 15) is 0 Å². The maximum Gasteiger partial charge on any atom is 0.225 e. The van der Waals surface area contributed by atoms with Crippen LogP contribution in [0.4, 0.5) is 5.95 Å². The van der Waals surface area contributed by atoms with Crippen LogP contribution in [-0.2, 0) is 6.42 Å². The van der Waals surface area contributed by atoms with E-state index in [0.717, 1.165) is 37.8 Å². The molecule has 3 aromatic rings. The highest BCUT2D eigenvalue weighted by Crippen LogP contribution is 2.52. The lowest BCUT2D eigenvalue weighted by molar-refractivity contribution is 0.283. The molecule has 0 radical (unpaired) electrons. The van der Waals surface area contributed by atoms with E-state index >= 15 is 0 Å². The van der Waals surface area contributed by atoms with E-state index in [1.807, 2.05) is 12.4 Å². The smallest absolute Gasteiger partial charge is 0.225 e. The molecule has 2 atom stereocenters. The molecular weight excluding hydrogens is 390 g/mol. The summed E-state index contributed by atoms with van der Waals surface area (Å²) in [6, 6.07) is 17.2. The van der Waals surface area contributed by atoms with E-state index < -0.39 is 0 Å². The lowest BCUT2D eigenvalue weighted by Crippen LogP contribution is -2.27. The second-order valence-corrected chi connectivity index (χ2v) is 9.08. The van der Waals surface area contributed by atoms with E-state index in [1.54, 1.807) is 11.8 Å². The summed E-state index contributed by atoms with van der Waals surface area (Å²) in [6.45, 7) is 5.04. The monoisotopic (exact) mass is 417 g/mol. The first-order valence-corrected chi connectivity index (χ1v) is 11.9. The average Bonchev–Trinajstić information content (AvgIpc) is 3.26. The van der Waals surface area contributed by atoms with Crippen LogP contribution in [0.25, 0.3) is 11.1 Å². The number of thioether (sulfide) groups is 1. The van der Waals surface area contributed by atoms with Crippen molar-refractivity contribution in [2.75, 3.05) is 30.9 Å². The molecule has 2 fully saturated rings. The molecule has 0 amide bonds. The predicted molar refractivity (Wildman–Crippen MR) is 123 cm³/mol. The molecular formula is C25H27N3OS. The summed E-state index contributed by atoms with van der Waals surface area (Å²) in [5.41, 5.74) is 3.66. The summed E-state index contributed by atoms with van der Waals surface area (Å²) in [4.78, 5) is 12.7. The van der Waals surface area contributed by atoms with Crippen LogP contribution in [0.15, 0.2) is 65.8 Å². The number of hydrogen-bond acceptors (Lipinski definition) is 5. The van der Waals surface area contributed by atoms with Gasteiger partial charge in [0.2, 0.25) is 5.95 Å². The number of nitrogens with zero attached hydrogens (tertiary/aromatic N) is 3. The molecule has 30 heavy (non-hydrogen) atoms. The summed E-state index contributed by atoms with van der Waals surface area (Å²) >= 11 is 1.77. The van der Waals surface area contributed by atoms with Crippen molar-refractivity contribution in [1.82, 2.24) is 9.97 Å². The van der Waals surface area contributed by atoms with Crippen molar-refractivity contribution >= 4 is 17.7 Å². The van der Waals surface area contributed by atoms with E-state index in [4.69, 9.17) is 4.74 Å². The number of ether oxygens (including phenoxy) is 1. The van der Waals surface area contributed by atoms with Gasteiger partial charge >= 0.3 is 0 Å². The topological polar surface area (TPSA) is 38.2 Å². The summed E-state index contributed by atoms with van der Waals surface area (Å²) < 4.78 is 6.11. The first kappa shape index (κ1) is 19.4. The van der Waals surface area contributed by atoms with E-state index in [0.29, 0.717) is 17.8 Å². The third-order valence-electron chi connectivity index (χ3n) is 6.47. The van der Waals surface area contributed by atoms with Crippen LogP contribution < -0.4 is 9.64 Å². The van der Waals surface area contributed by atoms with Gasteiger partial charge in [0.1, 0.15) is 5.75 Å². The Kier molecular flexibility index (Phi) is 5.38. The van der Waals surface area contributed by atoms with Crippen molar-refractivity contribution in [3.8, 4) is 16.9 Å². The number of piperidine rings is 1. The molecule has 154 valence electrons. The van der Waals surface area contributed by atoms with Gasteiger partial charge in [-0.25, -0.2) is 9.97 Å². The van der Waals surface area contributed by atoms with E-state index in [2.05, 4.69) is 76.6 Å². The maximum atomic E-state index is 6.11. The lowest BCUT2D eigenvalue weighted by Gasteiger charge is -2.19. The Morgan fingerprint density at radius 2 is 1.53 bits per heavy atom. The Morgan fingerprint density at radius 3 is 2.10 bits per heavy atom. The Hall–Kier alpha value is -2.53. The van der Waals surface area contributed by atoms with Crippen LogP contribution in [0.3, 0.4) is 0 Å². The number of rotatable bonds is 7. The lowest BCUT2D eigenvalue weighted by atomic mass is 10.1. The minimum absolute atomic E-state index is 0.662. The van der Waals surface area contributed by atoms with Gasteiger partial charge in [0, 0.05) is 36.3 Å². The number of hydrogen-bond donors (Lipinski definition) is 0. The van der Waals surface area contributed by atoms with Gasteiger partial charge in [-0.3, -0.25) is 0 Å². The minimum Gasteiger partial charge on any atom is -0.493 e. The number of fused-ring (bicyclic) bond motifs is 1. The van der Waals surface area contributed by atoms with Crippen molar-refractivity contribution in [1.29, 1.82) is 0 Å². The summed E-state index contributed by atoms with van der Waals surface area (Å²) in [5.74, 6) is 3.93. The van der Waals surface area contributed by atoms with Crippen molar-refractivity contribution in [2.45, 2.75) is 18.2 Å². The molecule has 1 aromatic heterocycles. The van der Waals surface area contributed by atoms with Gasteiger partial charge in [0.05, 0.1) is 6.61 Å². The van der Waals surface area contributed by atoms with Crippen molar-refractivity contribution in [3.05, 3.63) is 66.5 Å². The van der Waals surface area contributed by atoms with Crippen LogP contribution in [0, 0.1) is 17.8 Å². The third kappa shape index (κ3) is 3.91. The molecule has 0 N–H and O–H groups in total. The second kappa shape index (κ2) is 8.31. The molecule has 0 bridgehead atoms. The highest BCUT2D eigenvalue weighted by molar-refractivity contribution is 7.98. The van der Waals surface area contributed by atoms with Gasteiger partial charge in [0.25, 0.3) is 0 Å². The second-order valence-electron chi connectivity index (χ2n) is 8.21. The number of benzene rings is 2. The van der Waals surface area contributed by atoms with Gasteiger partial charge < -0.3 is 9.64 Å². The molecule has 2 aromatic carbocycles. The van der Waals surface area contributed by atoms with Crippen molar-refractivity contribution in [2.24, 2.45) is 17.8 Å². The highest BCUT2D eigenvalue weighted by Gasteiger charge is 2.56. The highest BCUT2D eigenvalue weighted by atomic mass is 32.2. The zero-order valence-corrected chi connectivity index (χ0v) is 18.3. The molecule has 1 saturated carbocycles. The zero-order chi connectivity index (χ0) is 20.5. The number of aromatic nitrogens is 2. The normalized spacial score (nSPS) is 22.1. The van der Waals surface area contributed by atoms with Gasteiger partial charge in [-0.05, 0) is 65.5 Å². The number of aryl methyl sites for hydroxylation is 1. The van der Waals surface area contributed by atoms with E-state index in [1.165, 1.54) is 21.6 Å². The molecule has 5 rings (SSSR count). The third-order valence-corrected chi connectivity index (χ3v) is 7.22. The first-order chi connectivity index (χ1) is 14.7. The van der Waals surface area contributed by atoms with Crippen LogP contribution in [0.1, 0.15) is 12.5 Å². The fourth-order valence-electron chi connectivity index (χ4n) is 4.47. The Morgan fingerprint density at radius 1 is 0.933 bits per heavy atom. The SMILES string of the molecule is CCc1cnc(N2CC3C(COc4ccc(-c5ccc(SC)cc5)cc4)C3C2)nc1. The fraction of sp³-hybridized carbons (Fsp3) is 0.360. The Labute approximate surface area is 182 Å². The molecule has 4 nitrogen and oxygen atoms in total. The van der Waals surface area contributed by atoms with Crippen LogP contribution in [0.5, 0.6) is 5.75 Å². The average molecular weight is 418 g/mol. The quantitative estimate of drug-likeness (QED) is 0.495. The van der Waals surface area contributed by atoms with Crippen LogP contribution >= 0.6 is 11.8 Å². The molecule has 2 aliphatic rings. The van der Waals surface area contributed by atoms with E-state index in [-0.39, 0.29) is 0 Å². The standard InChI is InChI=1S/C25H27N3OS/c1-3-17-12-26-25(27-13-17)28-14-22-23(15-28)24(22)16-29-20-8-4-18(5-9-20)19-6-10-21(30-2)11-7-19/h4-13,22-24H,3,14-16H2,1-2H3. The Bertz CT molecular complexity index is 976. The summed E-state index contributed by atoms with van der Waals surface area (Å²) in [5, 5.41) is 0. The molecule has 1 saturated heterocycles. The van der Waals surface area contributed by atoms with Gasteiger partial charge in [-0.2, -0.15) is 0 Å². The zero-order valence-electron chi connectivity index (χ0n) is 17.5. The molecule has 1 aliphatic heterocycles. The largest absolute Gasteiger partial charge is 0.493 e. The molecule has 2 heterocycles. The van der Waals surface area contributed by atoms with Crippen LogP contribution in [0.2, 0.25) is 0 Å². The predicted octanol–water partition coefficient (Wildman–Crippen LogP) is 5.19. The first-order valence-electron chi connectivity index (χ1n) is 10.7. The molecule has 1 aliphatic carbocycles. The molecule has 2 unspecified atom stereocenters. The number of anilines is 1. The van der Waals surface area contributed by atoms with Gasteiger partial charge in [-0.1, -0.05) is 31.2 Å². The summed E-state index contributed by atoms with van der Waals surface area (Å²) in [6.07, 6.45) is 6.99. The van der Waals surface area contributed by atoms with Crippen molar-refractivity contribution in [3.63, 3.8) is 0 Å². The van der Waals surface area contributed by atoms with Crippen molar-refractivity contribution < 1.29 is 4.74 Å². The fourth-order valence-corrected chi connectivity index (χ4v) is 4.88. The Balaban J connectivity index is 1.12. The minimum atomic E-state index is 0.662. The van der Waals surface area contributed by atoms with Gasteiger partial charge in [0.15, 0.2) is 0 Å². The van der Waals surface area contributed by atoms with Crippen LogP contribution in [-0.4, -0.2) is 35.9 Å². The van der Waals surface area contributed by atoms with Gasteiger partial charge in [-0.15, -0.1) is 11.8 Å². The summed E-state index contributed by atoms with van der Waals surface area (Å²) in [7, 11) is 0. The maximum absolute atomic E-state index is 6.11. The molecule has 0 spiro atoms. The molecule has 5 heteroatoms.